The number of nitrogens with one attached hydrogen (secondary N) is 2. The lowest BCUT2D eigenvalue weighted by Gasteiger charge is -2.13. The lowest BCUT2D eigenvalue weighted by atomic mass is 9.97. The molecular weight excluding hydrogens is 352 g/mol. The Labute approximate surface area is 166 Å². The Bertz CT molecular complexity index is 798. The normalized spacial score (nSPS) is 13.8. The minimum Gasteiger partial charge on any atom is -0.491 e. The third-order valence-electron chi connectivity index (χ3n) is 4.50. The highest BCUT2D eigenvalue weighted by atomic mass is 16.5. The van der Waals surface area contributed by atoms with Gasteiger partial charge in [0.25, 0.3) is 5.91 Å². The van der Waals surface area contributed by atoms with Crippen LogP contribution in [0.1, 0.15) is 56.4 Å². The van der Waals surface area contributed by atoms with Crippen LogP contribution in [0.5, 0.6) is 5.75 Å². The smallest absolute Gasteiger partial charge is 0.271 e. The summed E-state index contributed by atoms with van der Waals surface area (Å²) in [5.41, 5.74) is 2.65. The Balaban J connectivity index is 1.48. The van der Waals surface area contributed by atoms with E-state index < -0.39 is 0 Å². The Kier molecular flexibility index (Phi) is 7.00. The standard InChI is InChI=1S/C22H28N4O2/c1-16(2)28-19-10-8-18(9-11-19)26-21-15-24-20(14-25-21)22(27)23-13-12-17-6-4-3-5-7-17/h6,8-11,14-16H,3-5,7,12-13H2,1-2H3,(H,23,27)(H,25,26). The van der Waals surface area contributed by atoms with Crippen molar-refractivity contribution in [3.05, 3.63) is 54.0 Å². The van der Waals surface area contributed by atoms with Crippen LogP contribution in [0.4, 0.5) is 11.5 Å². The molecule has 3 rings (SSSR count). The van der Waals surface area contributed by atoms with Gasteiger partial charge in [-0.3, -0.25) is 4.79 Å². The van der Waals surface area contributed by atoms with Gasteiger partial charge in [0.1, 0.15) is 17.3 Å². The van der Waals surface area contributed by atoms with Crippen molar-refractivity contribution < 1.29 is 9.53 Å². The number of carbonyl (C=O) groups is 1. The Morgan fingerprint density at radius 2 is 1.96 bits per heavy atom. The van der Waals surface area contributed by atoms with Crippen molar-refractivity contribution in [2.24, 2.45) is 0 Å². The number of carbonyl (C=O) groups excluding carboxylic acids is 1. The van der Waals surface area contributed by atoms with Crippen molar-refractivity contribution in [1.29, 1.82) is 0 Å². The molecule has 148 valence electrons. The van der Waals surface area contributed by atoms with Gasteiger partial charge >= 0.3 is 0 Å². The molecule has 1 aliphatic carbocycles. The zero-order valence-electron chi connectivity index (χ0n) is 16.6. The van der Waals surface area contributed by atoms with Crippen LogP contribution in [0.3, 0.4) is 0 Å². The van der Waals surface area contributed by atoms with Crippen molar-refractivity contribution in [2.75, 3.05) is 11.9 Å². The Hall–Kier alpha value is -2.89. The van der Waals surface area contributed by atoms with Gasteiger partial charge in [-0.1, -0.05) is 11.6 Å². The molecule has 0 unspecified atom stereocenters. The summed E-state index contributed by atoms with van der Waals surface area (Å²) < 4.78 is 5.63. The van der Waals surface area contributed by atoms with E-state index in [0.717, 1.165) is 30.7 Å². The fourth-order valence-corrected chi connectivity index (χ4v) is 3.11. The molecule has 6 heteroatoms. The van der Waals surface area contributed by atoms with E-state index >= 15 is 0 Å². The molecule has 0 bridgehead atoms. The number of anilines is 2. The van der Waals surface area contributed by atoms with Crippen LogP contribution >= 0.6 is 0 Å². The Morgan fingerprint density at radius 1 is 1.14 bits per heavy atom. The largest absolute Gasteiger partial charge is 0.491 e. The molecule has 1 amide bonds. The van der Waals surface area contributed by atoms with E-state index in [-0.39, 0.29) is 12.0 Å². The summed E-state index contributed by atoms with van der Waals surface area (Å²) in [5.74, 6) is 1.22. The van der Waals surface area contributed by atoms with E-state index in [4.69, 9.17) is 4.74 Å². The predicted molar refractivity (Wildman–Crippen MR) is 111 cm³/mol. The number of aromatic nitrogens is 2. The monoisotopic (exact) mass is 380 g/mol. The minimum absolute atomic E-state index is 0.141. The van der Waals surface area contributed by atoms with Crippen LogP contribution in [-0.2, 0) is 0 Å². The quantitative estimate of drug-likeness (QED) is 0.653. The van der Waals surface area contributed by atoms with E-state index in [1.54, 1.807) is 6.20 Å². The number of allylic oxidation sites excluding steroid dienone is 1. The van der Waals surface area contributed by atoms with E-state index in [1.807, 2.05) is 38.1 Å². The molecule has 0 spiro atoms. The summed E-state index contributed by atoms with van der Waals surface area (Å²) in [5, 5.41) is 6.09. The summed E-state index contributed by atoms with van der Waals surface area (Å²) in [4.78, 5) is 20.7. The number of hydrogen-bond donors (Lipinski definition) is 2. The van der Waals surface area contributed by atoms with Crippen molar-refractivity contribution in [3.63, 3.8) is 0 Å². The highest BCUT2D eigenvalue weighted by Gasteiger charge is 2.09. The van der Waals surface area contributed by atoms with E-state index in [9.17, 15) is 4.79 Å². The highest BCUT2D eigenvalue weighted by Crippen LogP contribution is 2.20. The SMILES string of the molecule is CC(C)Oc1ccc(Nc2cnc(C(=O)NCCC3=CCCCC3)cn2)cc1. The molecule has 1 aliphatic rings. The first kappa shape index (κ1) is 19.9. The summed E-state index contributed by atoms with van der Waals surface area (Å²) >= 11 is 0. The number of ether oxygens (including phenoxy) is 1. The molecule has 1 heterocycles. The van der Waals surface area contributed by atoms with Crippen molar-refractivity contribution in [1.82, 2.24) is 15.3 Å². The molecule has 0 saturated carbocycles. The molecule has 0 saturated heterocycles. The van der Waals surface area contributed by atoms with Gasteiger partial charge < -0.3 is 15.4 Å². The fourth-order valence-electron chi connectivity index (χ4n) is 3.11. The van der Waals surface area contributed by atoms with Crippen molar-refractivity contribution in [2.45, 2.75) is 52.1 Å². The molecule has 0 radical (unpaired) electrons. The molecular formula is C22H28N4O2. The molecule has 2 N–H and O–H groups in total. The second-order valence-electron chi connectivity index (χ2n) is 7.22. The van der Waals surface area contributed by atoms with Gasteiger partial charge in [-0.2, -0.15) is 0 Å². The van der Waals surface area contributed by atoms with Crippen LogP contribution in [0.2, 0.25) is 0 Å². The molecule has 6 nitrogen and oxygen atoms in total. The van der Waals surface area contributed by atoms with Crippen LogP contribution in [-0.4, -0.2) is 28.5 Å². The predicted octanol–water partition coefficient (Wildman–Crippen LogP) is 4.63. The van der Waals surface area contributed by atoms with Gasteiger partial charge in [0.05, 0.1) is 18.5 Å². The summed E-state index contributed by atoms with van der Waals surface area (Å²) in [6.45, 7) is 4.62. The zero-order chi connectivity index (χ0) is 19.8. The van der Waals surface area contributed by atoms with Gasteiger partial charge in [-0.05, 0) is 70.2 Å². The number of hydrogen-bond acceptors (Lipinski definition) is 5. The van der Waals surface area contributed by atoms with E-state index in [2.05, 4.69) is 26.7 Å². The first-order valence-electron chi connectivity index (χ1n) is 9.92. The topological polar surface area (TPSA) is 76.1 Å². The van der Waals surface area contributed by atoms with Gasteiger partial charge in [0.2, 0.25) is 0 Å². The van der Waals surface area contributed by atoms with Gasteiger partial charge in [-0.15, -0.1) is 0 Å². The molecule has 2 aromatic rings. The summed E-state index contributed by atoms with van der Waals surface area (Å²) in [7, 11) is 0. The lowest BCUT2D eigenvalue weighted by Crippen LogP contribution is -2.26. The average molecular weight is 380 g/mol. The Morgan fingerprint density at radius 3 is 2.61 bits per heavy atom. The maximum atomic E-state index is 12.2. The van der Waals surface area contributed by atoms with Crippen LogP contribution < -0.4 is 15.4 Å². The molecule has 1 aromatic carbocycles. The number of benzene rings is 1. The van der Waals surface area contributed by atoms with Crippen molar-refractivity contribution >= 4 is 17.4 Å². The molecule has 1 aromatic heterocycles. The molecule has 28 heavy (non-hydrogen) atoms. The second-order valence-corrected chi connectivity index (χ2v) is 7.22. The maximum Gasteiger partial charge on any atom is 0.271 e. The third kappa shape index (κ3) is 6.08. The van der Waals surface area contributed by atoms with Crippen LogP contribution in [0.25, 0.3) is 0 Å². The van der Waals surface area contributed by atoms with Crippen LogP contribution in [0, 0.1) is 0 Å². The third-order valence-corrected chi connectivity index (χ3v) is 4.50. The first-order valence-corrected chi connectivity index (χ1v) is 9.92. The van der Waals surface area contributed by atoms with Gasteiger partial charge in [-0.25, -0.2) is 9.97 Å². The van der Waals surface area contributed by atoms with E-state index in [1.165, 1.54) is 24.6 Å². The van der Waals surface area contributed by atoms with E-state index in [0.29, 0.717) is 18.1 Å². The average Bonchev–Trinajstić information content (AvgIpc) is 2.70. The molecule has 0 aliphatic heterocycles. The summed E-state index contributed by atoms with van der Waals surface area (Å²) in [6.07, 6.45) is 11.3. The van der Waals surface area contributed by atoms with Crippen molar-refractivity contribution in [3.8, 4) is 5.75 Å². The minimum atomic E-state index is -0.189. The molecule has 0 atom stereocenters. The summed E-state index contributed by atoms with van der Waals surface area (Å²) in [6, 6.07) is 7.64. The zero-order valence-corrected chi connectivity index (χ0v) is 16.6. The van der Waals surface area contributed by atoms with Gasteiger partial charge in [0.15, 0.2) is 0 Å². The second kappa shape index (κ2) is 9.88. The first-order chi connectivity index (χ1) is 13.6. The number of rotatable bonds is 8. The van der Waals surface area contributed by atoms with Gasteiger partial charge in [0, 0.05) is 12.2 Å². The molecule has 0 fully saturated rings. The number of amides is 1. The lowest BCUT2D eigenvalue weighted by molar-refractivity contribution is 0.0948. The number of nitrogens with zero attached hydrogens (tertiary/aromatic N) is 2. The fraction of sp³-hybridized carbons (Fsp3) is 0.409. The van der Waals surface area contributed by atoms with Crippen LogP contribution in [0.15, 0.2) is 48.3 Å². The maximum absolute atomic E-state index is 12.2. The highest BCUT2D eigenvalue weighted by molar-refractivity contribution is 5.92.